The van der Waals surface area contributed by atoms with Crippen molar-refractivity contribution in [2.24, 2.45) is 18.7 Å². The fraction of sp³-hybridized carbons (Fsp3) is 0.333. The molecule has 3 aromatic rings. The predicted molar refractivity (Wildman–Crippen MR) is 122 cm³/mol. The lowest BCUT2D eigenvalue weighted by Crippen LogP contribution is -2.42. The number of amides is 2. The molecule has 1 saturated carbocycles. The molecule has 1 atom stereocenters. The van der Waals surface area contributed by atoms with Gasteiger partial charge in [0.2, 0.25) is 5.91 Å². The monoisotopic (exact) mass is 470 g/mol. The van der Waals surface area contributed by atoms with Gasteiger partial charge in [-0.2, -0.15) is 0 Å². The molecule has 1 aliphatic carbocycles. The summed E-state index contributed by atoms with van der Waals surface area (Å²) in [5, 5.41) is 21.2. The summed E-state index contributed by atoms with van der Waals surface area (Å²) < 4.78 is 1.36. The van der Waals surface area contributed by atoms with Crippen molar-refractivity contribution in [3.05, 3.63) is 47.4 Å². The molecule has 1 fully saturated rings. The topological polar surface area (TPSA) is 152 Å². The molecule has 0 bridgehead atoms. The Hall–Kier alpha value is -3.57. The molecule has 12 heteroatoms. The molecule has 172 valence electrons. The Morgan fingerprint density at radius 1 is 1.30 bits per heavy atom. The van der Waals surface area contributed by atoms with Crippen LogP contribution in [0.2, 0.25) is 5.15 Å². The van der Waals surface area contributed by atoms with E-state index in [-0.39, 0.29) is 34.5 Å². The van der Waals surface area contributed by atoms with Crippen LogP contribution in [0.5, 0.6) is 0 Å². The standard InChI is InChI=1S/C21H23ClN8O3/c1-11(15-4-3-7-24-18(15)22)30(21(32)33)20-17(27-28-29(20)2)16-6-5-14(10-25-16)26-19(31)12-8-13(23)9-12/h3-7,10-13H,8-9,23H2,1-2H3,(H,26,31)(H,32,33). The molecule has 1 unspecified atom stereocenters. The zero-order chi connectivity index (χ0) is 23.7. The maximum Gasteiger partial charge on any atom is 0.413 e. The van der Waals surface area contributed by atoms with Crippen molar-refractivity contribution in [1.29, 1.82) is 0 Å². The average molecular weight is 471 g/mol. The summed E-state index contributed by atoms with van der Waals surface area (Å²) in [6, 6.07) is 6.14. The fourth-order valence-electron chi connectivity index (χ4n) is 3.80. The van der Waals surface area contributed by atoms with Crippen LogP contribution < -0.4 is 16.0 Å². The number of carbonyl (C=O) groups excluding carboxylic acids is 1. The number of aromatic nitrogens is 5. The summed E-state index contributed by atoms with van der Waals surface area (Å²) in [5.74, 6) is 0.0458. The quantitative estimate of drug-likeness (QED) is 0.465. The fourth-order valence-corrected chi connectivity index (χ4v) is 4.08. The van der Waals surface area contributed by atoms with Gasteiger partial charge >= 0.3 is 6.09 Å². The third-order valence-corrected chi connectivity index (χ3v) is 5.99. The molecule has 0 saturated heterocycles. The zero-order valence-corrected chi connectivity index (χ0v) is 18.8. The molecule has 2 amide bonds. The van der Waals surface area contributed by atoms with Crippen molar-refractivity contribution >= 4 is 35.1 Å². The van der Waals surface area contributed by atoms with Crippen molar-refractivity contribution in [2.75, 3.05) is 10.2 Å². The van der Waals surface area contributed by atoms with Gasteiger partial charge in [0.1, 0.15) is 5.15 Å². The normalized spacial score (nSPS) is 18.3. The maximum atomic E-state index is 12.3. The summed E-state index contributed by atoms with van der Waals surface area (Å²) >= 11 is 6.21. The van der Waals surface area contributed by atoms with Crippen molar-refractivity contribution in [1.82, 2.24) is 25.0 Å². The van der Waals surface area contributed by atoms with Crippen molar-refractivity contribution in [3.63, 3.8) is 0 Å². The Labute approximate surface area is 194 Å². The number of nitrogens with one attached hydrogen (secondary N) is 1. The minimum Gasteiger partial charge on any atom is -0.465 e. The number of anilines is 2. The molecule has 0 spiro atoms. The molecule has 4 rings (SSSR count). The van der Waals surface area contributed by atoms with Crippen LogP contribution >= 0.6 is 11.6 Å². The lowest BCUT2D eigenvalue weighted by Gasteiger charge is -2.31. The largest absolute Gasteiger partial charge is 0.465 e. The number of nitrogens with two attached hydrogens (primary N) is 1. The van der Waals surface area contributed by atoms with E-state index in [2.05, 4.69) is 25.6 Å². The van der Waals surface area contributed by atoms with Gasteiger partial charge in [0.25, 0.3) is 0 Å². The van der Waals surface area contributed by atoms with E-state index < -0.39 is 12.1 Å². The maximum absolute atomic E-state index is 12.3. The van der Waals surface area contributed by atoms with E-state index in [1.54, 1.807) is 38.2 Å². The second kappa shape index (κ2) is 9.12. The SMILES string of the molecule is CC(c1cccnc1Cl)N(C(=O)O)c1c(-c2ccc(NC(=O)C3CC(N)C3)cn2)nnn1C. The summed E-state index contributed by atoms with van der Waals surface area (Å²) in [6.45, 7) is 1.70. The molecular formula is C21H23ClN8O3. The van der Waals surface area contributed by atoms with E-state index in [9.17, 15) is 14.7 Å². The van der Waals surface area contributed by atoms with Crippen LogP contribution in [0.3, 0.4) is 0 Å². The number of aryl methyl sites for hydroxylation is 1. The average Bonchev–Trinajstić information content (AvgIpc) is 3.13. The van der Waals surface area contributed by atoms with Gasteiger partial charge in [0.15, 0.2) is 11.5 Å². The minimum atomic E-state index is -1.21. The van der Waals surface area contributed by atoms with Crippen LogP contribution in [-0.4, -0.2) is 48.1 Å². The van der Waals surface area contributed by atoms with Gasteiger partial charge < -0.3 is 16.2 Å². The van der Waals surface area contributed by atoms with E-state index in [4.69, 9.17) is 17.3 Å². The Bertz CT molecular complexity index is 1180. The van der Waals surface area contributed by atoms with Gasteiger partial charge in [-0.1, -0.05) is 22.9 Å². The Morgan fingerprint density at radius 2 is 2.06 bits per heavy atom. The van der Waals surface area contributed by atoms with Crippen LogP contribution in [0.25, 0.3) is 11.4 Å². The highest BCUT2D eigenvalue weighted by Crippen LogP contribution is 2.35. The molecule has 33 heavy (non-hydrogen) atoms. The number of carboxylic acid groups (broad SMARTS) is 1. The van der Waals surface area contributed by atoms with Gasteiger partial charge in [-0.15, -0.1) is 5.10 Å². The van der Waals surface area contributed by atoms with E-state index in [1.165, 1.54) is 17.1 Å². The summed E-state index contributed by atoms with van der Waals surface area (Å²) in [5.41, 5.74) is 7.49. The second-order valence-electron chi connectivity index (χ2n) is 7.95. The minimum absolute atomic E-state index is 0.0810. The van der Waals surface area contributed by atoms with E-state index in [0.29, 0.717) is 29.8 Å². The van der Waals surface area contributed by atoms with Gasteiger partial charge in [-0.05, 0) is 38.0 Å². The molecule has 11 nitrogen and oxygen atoms in total. The first-order chi connectivity index (χ1) is 15.8. The Morgan fingerprint density at radius 3 is 2.67 bits per heavy atom. The summed E-state index contributed by atoms with van der Waals surface area (Å²) in [4.78, 5) is 34.1. The first kappa shape index (κ1) is 22.6. The number of hydrogen-bond donors (Lipinski definition) is 3. The van der Waals surface area contributed by atoms with Crippen molar-refractivity contribution in [3.8, 4) is 11.4 Å². The lowest BCUT2D eigenvalue weighted by atomic mass is 9.80. The van der Waals surface area contributed by atoms with Gasteiger partial charge in [-0.25, -0.2) is 14.5 Å². The Kier molecular flexibility index (Phi) is 6.25. The van der Waals surface area contributed by atoms with Crippen LogP contribution in [-0.2, 0) is 11.8 Å². The van der Waals surface area contributed by atoms with Gasteiger partial charge in [-0.3, -0.25) is 14.7 Å². The first-order valence-electron chi connectivity index (χ1n) is 10.3. The van der Waals surface area contributed by atoms with Crippen molar-refractivity contribution in [2.45, 2.75) is 31.8 Å². The molecule has 1 aliphatic rings. The van der Waals surface area contributed by atoms with Crippen LogP contribution in [0.1, 0.15) is 31.4 Å². The highest BCUT2D eigenvalue weighted by Gasteiger charge is 2.33. The molecule has 3 heterocycles. The van der Waals surface area contributed by atoms with E-state index >= 15 is 0 Å². The third-order valence-electron chi connectivity index (χ3n) is 5.68. The third kappa shape index (κ3) is 4.50. The second-order valence-corrected chi connectivity index (χ2v) is 8.31. The van der Waals surface area contributed by atoms with Crippen LogP contribution in [0, 0.1) is 5.92 Å². The van der Waals surface area contributed by atoms with Crippen LogP contribution in [0.4, 0.5) is 16.3 Å². The number of nitrogens with zero attached hydrogens (tertiary/aromatic N) is 6. The highest BCUT2D eigenvalue weighted by molar-refractivity contribution is 6.30. The number of carbonyl (C=O) groups is 2. The lowest BCUT2D eigenvalue weighted by molar-refractivity contribution is -0.122. The molecular weight excluding hydrogens is 448 g/mol. The number of pyridine rings is 2. The predicted octanol–water partition coefficient (Wildman–Crippen LogP) is 2.85. The molecule has 0 aliphatic heterocycles. The number of rotatable bonds is 6. The van der Waals surface area contributed by atoms with Crippen molar-refractivity contribution < 1.29 is 14.7 Å². The summed E-state index contributed by atoms with van der Waals surface area (Å²) in [6.07, 6.45) is 3.16. The molecule has 0 aromatic carbocycles. The smallest absolute Gasteiger partial charge is 0.413 e. The highest BCUT2D eigenvalue weighted by atomic mass is 35.5. The summed E-state index contributed by atoms with van der Waals surface area (Å²) in [7, 11) is 1.59. The van der Waals surface area contributed by atoms with Crippen LogP contribution in [0.15, 0.2) is 36.7 Å². The zero-order valence-electron chi connectivity index (χ0n) is 18.0. The molecule has 3 aromatic heterocycles. The first-order valence-corrected chi connectivity index (χ1v) is 10.7. The van der Waals surface area contributed by atoms with Gasteiger partial charge in [0, 0.05) is 30.8 Å². The van der Waals surface area contributed by atoms with E-state index in [0.717, 1.165) is 4.90 Å². The molecule has 0 radical (unpaired) electrons. The van der Waals surface area contributed by atoms with Gasteiger partial charge in [0.05, 0.1) is 23.6 Å². The Balaban J connectivity index is 1.62. The number of halogens is 1. The molecule has 4 N–H and O–H groups in total. The van der Waals surface area contributed by atoms with E-state index in [1.807, 2.05) is 0 Å². The number of hydrogen-bond acceptors (Lipinski definition) is 7.